The summed E-state index contributed by atoms with van der Waals surface area (Å²) in [7, 11) is -2.20. The van der Waals surface area contributed by atoms with Crippen LogP contribution in [0.2, 0.25) is 13.1 Å². The van der Waals surface area contributed by atoms with Gasteiger partial charge in [0, 0.05) is 18.5 Å². The smallest absolute Gasteiger partial charge is 0.333 e. The van der Waals surface area contributed by atoms with Crippen molar-refractivity contribution in [1.29, 1.82) is 0 Å². The number of allylic oxidation sites excluding steroid dienone is 2. The van der Waals surface area contributed by atoms with E-state index in [9.17, 15) is 0 Å². The summed E-state index contributed by atoms with van der Waals surface area (Å²) >= 11 is 3.54. The number of hydrogen-bond donors (Lipinski definition) is 0. The Morgan fingerprint density at radius 2 is 0.980 bits per heavy atom. The summed E-state index contributed by atoms with van der Waals surface area (Å²) < 4.78 is 19.4. The van der Waals surface area contributed by atoms with E-state index in [1.807, 2.05) is 0 Å². The third kappa shape index (κ3) is 32.9. The van der Waals surface area contributed by atoms with Gasteiger partial charge in [-0.05, 0) is 89.1 Å². The van der Waals surface area contributed by atoms with Crippen molar-refractivity contribution in [3.8, 4) is 0 Å². The molecule has 0 spiro atoms. The van der Waals surface area contributed by atoms with E-state index in [0.717, 1.165) is 49.6 Å². The van der Waals surface area contributed by atoms with Crippen LogP contribution in [0.25, 0.3) is 0 Å². The number of unbranched alkanes of at least 4 members (excludes halogenated alkanes) is 24. The van der Waals surface area contributed by atoms with E-state index in [1.54, 1.807) is 0 Å². The Kier molecular flexibility index (Phi) is 35.1. The first-order chi connectivity index (χ1) is 24.5. The van der Waals surface area contributed by atoms with Crippen molar-refractivity contribution < 1.29 is 13.6 Å². The second kappa shape index (κ2) is 36.3. The van der Waals surface area contributed by atoms with Crippen LogP contribution in [-0.4, -0.2) is 33.4 Å². The molecule has 50 heavy (non-hydrogen) atoms. The second-order valence-corrected chi connectivity index (χ2v) is 20.5. The lowest BCUT2D eigenvalue weighted by molar-refractivity contribution is -0.104. The third-order valence-corrected chi connectivity index (χ3v) is 13.2. The van der Waals surface area contributed by atoms with Crippen molar-refractivity contribution in [2.24, 2.45) is 11.8 Å². The van der Waals surface area contributed by atoms with Crippen LogP contribution in [-0.2, 0) is 13.6 Å². The van der Waals surface area contributed by atoms with E-state index in [-0.39, 0.29) is 6.29 Å². The number of ether oxygens (including phenoxy) is 1. The molecule has 1 saturated carbocycles. The van der Waals surface area contributed by atoms with Crippen LogP contribution < -0.4 is 0 Å². The Hall–Kier alpha value is 0.317. The van der Waals surface area contributed by atoms with Crippen molar-refractivity contribution in [3.63, 3.8) is 0 Å². The van der Waals surface area contributed by atoms with Gasteiger partial charge < -0.3 is 13.6 Å². The van der Waals surface area contributed by atoms with Crippen LogP contribution in [0, 0.1) is 11.8 Å². The average Bonchev–Trinajstić information content (AvgIpc) is 3.86. The quantitative estimate of drug-likeness (QED) is 0.0203. The van der Waals surface area contributed by atoms with Gasteiger partial charge in [-0.25, -0.2) is 0 Å². The van der Waals surface area contributed by atoms with Crippen LogP contribution >= 0.6 is 15.9 Å². The molecular weight excluding hydrogens is 696 g/mol. The second-order valence-electron chi connectivity index (χ2n) is 16.4. The first kappa shape index (κ1) is 48.3. The lowest BCUT2D eigenvalue weighted by Gasteiger charge is -2.29. The summed E-state index contributed by atoms with van der Waals surface area (Å²) in [6.07, 6.45) is 49.3. The van der Waals surface area contributed by atoms with Gasteiger partial charge in [0.05, 0.1) is 0 Å². The molecule has 0 radical (unpaired) electrons. The molecule has 1 fully saturated rings. The highest BCUT2D eigenvalue weighted by Crippen LogP contribution is 2.45. The molecule has 0 aliphatic heterocycles. The van der Waals surface area contributed by atoms with Gasteiger partial charge in [-0.15, -0.1) is 0 Å². The molecule has 0 bridgehead atoms. The van der Waals surface area contributed by atoms with E-state index in [0.29, 0.717) is 0 Å². The fraction of sp³-hybridized carbons (Fsp3) is 0.956. The normalized spacial score (nSPS) is 16.9. The molecule has 298 valence electrons. The zero-order valence-electron chi connectivity index (χ0n) is 34.4. The number of halogens is 1. The van der Waals surface area contributed by atoms with Gasteiger partial charge in [0.1, 0.15) is 6.29 Å². The van der Waals surface area contributed by atoms with Crippen LogP contribution in [0.1, 0.15) is 226 Å². The van der Waals surface area contributed by atoms with Crippen LogP contribution in [0.4, 0.5) is 0 Å². The van der Waals surface area contributed by atoms with Gasteiger partial charge in [0.2, 0.25) is 0 Å². The van der Waals surface area contributed by atoms with Gasteiger partial charge in [-0.1, -0.05) is 190 Å². The van der Waals surface area contributed by atoms with Gasteiger partial charge in [-0.3, -0.25) is 0 Å². The highest BCUT2D eigenvalue weighted by Gasteiger charge is 2.35. The van der Waals surface area contributed by atoms with Crippen LogP contribution in [0.5, 0.6) is 0 Å². The zero-order chi connectivity index (χ0) is 36.2. The molecule has 0 saturated heterocycles. The van der Waals surface area contributed by atoms with E-state index in [2.05, 4.69) is 55.0 Å². The van der Waals surface area contributed by atoms with Crippen molar-refractivity contribution in [3.05, 3.63) is 12.2 Å². The zero-order valence-corrected chi connectivity index (χ0v) is 37.0. The van der Waals surface area contributed by atoms with Crippen molar-refractivity contribution in [1.82, 2.24) is 0 Å². The summed E-state index contributed by atoms with van der Waals surface area (Å²) in [5, 5.41) is 1.10. The first-order valence-electron chi connectivity index (χ1n) is 22.7. The van der Waals surface area contributed by atoms with E-state index < -0.39 is 8.56 Å². The lowest BCUT2D eigenvalue weighted by atomic mass is 10.0. The number of hydrogen-bond acceptors (Lipinski definition) is 3. The van der Waals surface area contributed by atoms with Gasteiger partial charge in [0.25, 0.3) is 0 Å². The SMILES string of the molecule is CCCCCCCC/C=C\CCCCCCCCOC(CCCCCCCC1CC1CCCCCCCC)O[Si](C)(C)OCCCCCCBr. The number of rotatable bonds is 41. The Bertz CT molecular complexity index is 716. The molecule has 0 aromatic heterocycles. The molecule has 1 aliphatic rings. The molecule has 0 aromatic rings. The van der Waals surface area contributed by atoms with Crippen molar-refractivity contribution >= 4 is 24.5 Å². The minimum absolute atomic E-state index is 0.0950. The van der Waals surface area contributed by atoms with E-state index in [1.165, 1.54) is 193 Å². The maximum Gasteiger partial charge on any atom is 0.333 e. The molecule has 1 aliphatic carbocycles. The largest absolute Gasteiger partial charge is 0.394 e. The highest BCUT2D eigenvalue weighted by atomic mass is 79.9. The van der Waals surface area contributed by atoms with Crippen LogP contribution in [0.3, 0.4) is 0 Å². The Morgan fingerprint density at radius 1 is 0.540 bits per heavy atom. The fourth-order valence-electron chi connectivity index (χ4n) is 7.41. The van der Waals surface area contributed by atoms with Crippen LogP contribution in [0.15, 0.2) is 12.2 Å². The molecule has 0 N–H and O–H groups in total. The first-order valence-corrected chi connectivity index (χ1v) is 26.6. The summed E-state index contributed by atoms with van der Waals surface area (Å²) in [5.74, 6) is 2.14. The van der Waals surface area contributed by atoms with E-state index >= 15 is 0 Å². The topological polar surface area (TPSA) is 27.7 Å². The highest BCUT2D eigenvalue weighted by molar-refractivity contribution is 9.09. The molecule has 5 heteroatoms. The fourth-order valence-corrected chi connectivity index (χ4v) is 9.33. The average molecular weight is 786 g/mol. The minimum Gasteiger partial charge on any atom is -0.394 e. The van der Waals surface area contributed by atoms with Gasteiger partial charge >= 0.3 is 8.56 Å². The predicted octanol–water partition coefficient (Wildman–Crippen LogP) is 16.2. The minimum atomic E-state index is -2.20. The summed E-state index contributed by atoms with van der Waals surface area (Å²) in [5.41, 5.74) is 0. The third-order valence-electron chi connectivity index (χ3n) is 10.9. The predicted molar refractivity (Wildman–Crippen MR) is 228 cm³/mol. The molecule has 0 heterocycles. The van der Waals surface area contributed by atoms with Gasteiger partial charge in [0.15, 0.2) is 0 Å². The summed E-state index contributed by atoms with van der Waals surface area (Å²) in [4.78, 5) is 0. The molecule has 3 unspecified atom stereocenters. The Morgan fingerprint density at radius 3 is 1.52 bits per heavy atom. The molecule has 1 rings (SSSR count). The molecule has 0 aromatic carbocycles. The van der Waals surface area contributed by atoms with E-state index in [4.69, 9.17) is 13.6 Å². The maximum atomic E-state index is 6.61. The molecule has 3 atom stereocenters. The van der Waals surface area contributed by atoms with Crippen molar-refractivity contribution in [2.45, 2.75) is 245 Å². The summed E-state index contributed by atoms with van der Waals surface area (Å²) in [6.45, 7) is 10.7. The van der Waals surface area contributed by atoms with Crippen molar-refractivity contribution in [2.75, 3.05) is 18.5 Å². The Labute approximate surface area is 324 Å². The molecule has 3 nitrogen and oxygen atoms in total. The monoisotopic (exact) mass is 785 g/mol. The maximum absolute atomic E-state index is 6.61. The molecule has 0 amide bonds. The standard InChI is InChI=1S/C45H89BrO3Si/c1-5-7-9-11-13-14-15-16-17-18-19-20-21-22-28-34-40-47-45(49-50(3,4)48-41-35-29-27-33-39-46)38-32-26-23-25-31-37-44-42-43(44)36-30-24-12-10-8-6-2/h16-17,43-45H,5-15,18-42H2,1-4H3/b17-16-. The Balaban J connectivity index is 2.17. The summed E-state index contributed by atoms with van der Waals surface area (Å²) in [6, 6.07) is 0. The lowest BCUT2D eigenvalue weighted by Crippen LogP contribution is -2.40. The molecular formula is C45H89BrO3Si. The van der Waals surface area contributed by atoms with Gasteiger partial charge in [-0.2, -0.15) is 0 Å². The number of alkyl halides is 1.